The van der Waals surface area contributed by atoms with Gasteiger partial charge in [-0.2, -0.15) is 26.3 Å². The van der Waals surface area contributed by atoms with Crippen LogP contribution in [0, 0.1) is 5.82 Å². The van der Waals surface area contributed by atoms with Crippen molar-refractivity contribution >= 4 is 5.97 Å². The summed E-state index contributed by atoms with van der Waals surface area (Å²) < 4.78 is 92.0. The highest BCUT2D eigenvalue weighted by Gasteiger charge is 2.37. The molecule has 0 amide bonds. The van der Waals surface area contributed by atoms with Crippen LogP contribution in [-0.2, 0) is 17.1 Å². The Balaban J connectivity index is 2.62. The monoisotopic (exact) mass is 394 g/mol. The first-order valence-corrected chi connectivity index (χ1v) is 7.66. The molecule has 9 heteroatoms. The average Bonchev–Trinajstić information content (AvgIpc) is 2.53. The quantitative estimate of drug-likeness (QED) is 0.636. The first-order chi connectivity index (χ1) is 12.3. The van der Waals surface area contributed by atoms with Crippen LogP contribution < -0.4 is 0 Å². The predicted octanol–water partition coefficient (Wildman–Crippen LogP) is 6.11. The van der Waals surface area contributed by atoms with Crippen molar-refractivity contribution in [2.24, 2.45) is 0 Å². The molecular weight excluding hydrogens is 381 g/mol. The van der Waals surface area contributed by atoms with Crippen molar-refractivity contribution in [2.75, 3.05) is 0 Å². The summed E-state index contributed by atoms with van der Waals surface area (Å²) in [6.45, 7) is 1.55. The zero-order chi connectivity index (χ0) is 20.6. The van der Waals surface area contributed by atoms with Gasteiger partial charge in [-0.1, -0.05) is 19.1 Å². The Morgan fingerprint density at radius 2 is 1.48 bits per heavy atom. The van der Waals surface area contributed by atoms with E-state index in [9.17, 15) is 35.5 Å². The van der Waals surface area contributed by atoms with Crippen molar-refractivity contribution in [3.05, 3.63) is 58.9 Å². The molecular formula is C18H13F7O2. The van der Waals surface area contributed by atoms with Gasteiger partial charge >= 0.3 is 18.3 Å². The zero-order valence-corrected chi connectivity index (χ0v) is 13.7. The zero-order valence-electron chi connectivity index (χ0n) is 13.7. The Kier molecular flexibility index (Phi) is 5.53. The van der Waals surface area contributed by atoms with E-state index in [4.69, 9.17) is 5.11 Å². The van der Waals surface area contributed by atoms with Gasteiger partial charge in [0, 0.05) is 5.56 Å². The molecule has 2 aromatic rings. The van der Waals surface area contributed by atoms with Crippen molar-refractivity contribution in [1.82, 2.24) is 0 Å². The second kappa shape index (κ2) is 7.21. The van der Waals surface area contributed by atoms with Gasteiger partial charge in [0.25, 0.3) is 0 Å². The van der Waals surface area contributed by atoms with Crippen molar-refractivity contribution in [3.63, 3.8) is 0 Å². The number of aliphatic carboxylic acids is 1. The highest BCUT2D eigenvalue weighted by molar-refractivity contribution is 5.76. The van der Waals surface area contributed by atoms with Crippen molar-refractivity contribution < 1.29 is 40.6 Å². The summed E-state index contributed by atoms with van der Waals surface area (Å²) in [5.74, 6) is -3.37. The molecule has 0 radical (unpaired) electrons. The van der Waals surface area contributed by atoms with E-state index in [1.54, 1.807) is 6.92 Å². The molecule has 0 aromatic heterocycles. The van der Waals surface area contributed by atoms with Crippen molar-refractivity contribution in [3.8, 4) is 11.1 Å². The van der Waals surface area contributed by atoms with Gasteiger partial charge in [0.1, 0.15) is 5.82 Å². The smallest absolute Gasteiger partial charge is 0.416 e. The van der Waals surface area contributed by atoms with Gasteiger partial charge in [-0.05, 0) is 41.8 Å². The third kappa shape index (κ3) is 4.58. The van der Waals surface area contributed by atoms with E-state index in [1.165, 1.54) is 6.07 Å². The molecule has 1 unspecified atom stereocenters. The lowest BCUT2D eigenvalue weighted by atomic mass is 9.93. The third-order valence-corrected chi connectivity index (χ3v) is 4.00. The van der Waals surface area contributed by atoms with E-state index in [2.05, 4.69) is 0 Å². The molecule has 27 heavy (non-hydrogen) atoms. The summed E-state index contributed by atoms with van der Waals surface area (Å²) in [6.07, 6.45) is -9.97. The summed E-state index contributed by atoms with van der Waals surface area (Å²) in [4.78, 5) is 11.1. The maximum atomic E-state index is 14.4. The van der Waals surface area contributed by atoms with Crippen LogP contribution in [0.1, 0.15) is 36.0 Å². The molecule has 0 spiro atoms. The van der Waals surface area contributed by atoms with Crippen LogP contribution in [0.2, 0.25) is 0 Å². The van der Waals surface area contributed by atoms with Gasteiger partial charge in [-0.3, -0.25) is 4.79 Å². The number of rotatable bonds is 4. The SMILES string of the molecule is CCC(C(=O)O)c1ccc(-c2cc(C(F)(F)F)cc(C(F)(F)F)c2)c(F)c1. The van der Waals surface area contributed by atoms with Gasteiger partial charge in [-0.25, -0.2) is 4.39 Å². The number of hydrogen-bond donors (Lipinski definition) is 1. The molecule has 0 aliphatic heterocycles. The maximum Gasteiger partial charge on any atom is 0.416 e. The molecule has 0 fully saturated rings. The summed E-state index contributed by atoms with van der Waals surface area (Å²) in [5.41, 5.74) is -4.16. The molecule has 0 saturated carbocycles. The third-order valence-electron chi connectivity index (χ3n) is 4.00. The van der Waals surface area contributed by atoms with E-state index < -0.39 is 52.3 Å². The normalized spacial score (nSPS) is 13.5. The Hall–Kier alpha value is -2.58. The number of carboxylic acids is 1. The van der Waals surface area contributed by atoms with Gasteiger partial charge in [0.05, 0.1) is 17.0 Å². The Bertz CT molecular complexity index is 822. The number of alkyl halides is 6. The molecule has 0 aliphatic carbocycles. The largest absolute Gasteiger partial charge is 0.481 e. The van der Waals surface area contributed by atoms with Crippen LogP contribution in [0.4, 0.5) is 30.7 Å². The lowest BCUT2D eigenvalue weighted by molar-refractivity contribution is -0.143. The molecule has 2 rings (SSSR count). The minimum Gasteiger partial charge on any atom is -0.481 e. The summed E-state index contributed by atoms with van der Waals surface area (Å²) >= 11 is 0. The lowest BCUT2D eigenvalue weighted by Crippen LogP contribution is -2.12. The first-order valence-electron chi connectivity index (χ1n) is 7.66. The van der Waals surface area contributed by atoms with Gasteiger partial charge in [-0.15, -0.1) is 0 Å². The summed E-state index contributed by atoms with van der Waals surface area (Å²) in [5, 5.41) is 9.08. The number of carbonyl (C=O) groups is 1. The van der Waals surface area contributed by atoms with Crippen LogP contribution in [0.15, 0.2) is 36.4 Å². The number of carboxylic acid groups (broad SMARTS) is 1. The van der Waals surface area contributed by atoms with E-state index >= 15 is 0 Å². The highest BCUT2D eigenvalue weighted by atomic mass is 19.4. The molecule has 2 nitrogen and oxygen atoms in total. The molecule has 0 bridgehead atoms. The summed E-state index contributed by atoms with van der Waals surface area (Å²) in [6, 6.07) is 3.75. The van der Waals surface area contributed by atoms with E-state index in [0.717, 1.165) is 12.1 Å². The Labute approximate surface area is 149 Å². The lowest BCUT2D eigenvalue weighted by Gasteiger charge is -2.16. The number of halogens is 7. The molecule has 2 aromatic carbocycles. The van der Waals surface area contributed by atoms with Crippen molar-refractivity contribution in [2.45, 2.75) is 31.6 Å². The molecule has 0 saturated heterocycles. The minimum absolute atomic E-state index is 0.0483. The first kappa shape index (κ1) is 20.7. The molecule has 146 valence electrons. The van der Waals surface area contributed by atoms with Gasteiger partial charge < -0.3 is 5.11 Å². The molecule has 0 heterocycles. The topological polar surface area (TPSA) is 37.3 Å². The van der Waals surface area contributed by atoms with Crippen LogP contribution >= 0.6 is 0 Å². The fourth-order valence-corrected chi connectivity index (χ4v) is 2.65. The second-order valence-corrected chi connectivity index (χ2v) is 5.83. The van der Waals surface area contributed by atoms with Crippen LogP contribution in [0.5, 0.6) is 0 Å². The fourth-order valence-electron chi connectivity index (χ4n) is 2.65. The number of hydrogen-bond acceptors (Lipinski definition) is 1. The van der Waals surface area contributed by atoms with Crippen LogP contribution in [0.25, 0.3) is 11.1 Å². The average molecular weight is 394 g/mol. The number of benzene rings is 2. The summed E-state index contributed by atoms with van der Waals surface area (Å²) in [7, 11) is 0. The molecule has 1 atom stereocenters. The van der Waals surface area contributed by atoms with E-state index in [-0.39, 0.29) is 18.1 Å². The van der Waals surface area contributed by atoms with Crippen LogP contribution in [-0.4, -0.2) is 11.1 Å². The van der Waals surface area contributed by atoms with E-state index in [1.807, 2.05) is 0 Å². The van der Waals surface area contributed by atoms with Crippen LogP contribution in [0.3, 0.4) is 0 Å². The molecule has 0 aliphatic rings. The standard InChI is InChI=1S/C18H13F7O2/c1-2-13(16(26)27)9-3-4-14(15(19)7-9)10-5-11(17(20,21)22)8-12(6-10)18(23,24)25/h3-8,13H,2H2,1H3,(H,26,27). The maximum absolute atomic E-state index is 14.4. The predicted molar refractivity (Wildman–Crippen MR) is 82.5 cm³/mol. The van der Waals surface area contributed by atoms with E-state index in [0.29, 0.717) is 12.1 Å². The van der Waals surface area contributed by atoms with Gasteiger partial charge in [0.15, 0.2) is 0 Å². The van der Waals surface area contributed by atoms with Crippen molar-refractivity contribution in [1.29, 1.82) is 0 Å². The Morgan fingerprint density at radius 3 is 1.85 bits per heavy atom. The Morgan fingerprint density at radius 1 is 0.963 bits per heavy atom. The second-order valence-electron chi connectivity index (χ2n) is 5.83. The molecule has 1 N–H and O–H groups in total. The van der Waals surface area contributed by atoms with Gasteiger partial charge in [0.2, 0.25) is 0 Å². The minimum atomic E-state index is -5.05. The highest BCUT2D eigenvalue weighted by Crippen LogP contribution is 2.39. The fraction of sp³-hybridized carbons (Fsp3) is 0.278.